The average molecular weight is 387 g/mol. The lowest BCUT2D eigenvalue weighted by Gasteiger charge is -2.16. The average Bonchev–Trinajstić information content (AvgIpc) is 2.75. The highest BCUT2D eigenvalue weighted by Gasteiger charge is 2.11. The monoisotopic (exact) mass is 387 g/mol. The van der Waals surface area contributed by atoms with Crippen molar-refractivity contribution in [1.29, 1.82) is 0 Å². The maximum absolute atomic E-state index is 13.2. The molecular formula is C21H18FN7. The maximum atomic E-state index is 13.2. The molecule has 0 radical (unpaired) electrons. The van der Waals surface area contributed by atoms with Crippen LogP contribution < -0.4 is 10.6 Å². The van der Waals surface area contributed by atoms with Gasteiger partial charge in [0.15, 0.2) is 0 Å². The predicted octanol–water partition coefficient (Wildman–Crippen LogP) is 4.38. The molecule has 3 heterocycles. The molecule has 29 heavy (non-hydrogen) atoms. The second-order valence-corrected chi connectivity index (χ2v) is 6.33. The summed E-state index contributed by atoms with van der Waals surface area (Å²) in [5.74, 6) is 1.31. The van der Waals surface area contributed by atoms with Gasteiger partial charge in [-0.25, -0.2) is 14.4 Å². The van der Waals surface area contributed by atoms with Crippen molar-refractivity contribution in [3.05, 3.63) is 84.8 Å². The van der Waals surface area contributed by atoms with Crippen molar-refractivity contribution in [2.24, 2.45) is 0 Å². The van der Waals surface area contributed by atoms with E-state index in [-0.39, 0.29) is 11.9 Å². The fourth-order valence-corrected chi connectivity index (χ4v) is 2.77. The fourth-order valence-electron chi connectivity index (χ4n) is 2.77. The minimum atomic E-state index is -0.271. The normalized spacial score (nSPS) is 11.7. The third-order valence-corrected chi connectivity index (χ3v) is 4.24. The zero-order valence-electron chi connectivity index (χ0n) is 15.6. The first-order chi connectivity index (χ1) is 14.2. The van der Waals surface area contributed by atoms with Crippen LogP contribution in [0.5, 0.6) is 0 Å². The topological polar surface area (TPSA) is 88.5 Å². The summed E-state index contributed by atoms with van der Waals surface area (Å²) in [7, 11) is 0. The van der Waals surface area contributed by atoms with Gasteiger partial charge < -0.3 is 10.6 Å². The van der Waals surface area contributed by atoms with Crippen molar-refractivity contribution in [1.82, 2.24) is 24.9 Å². The van der Waals surface area contributed by atoms with Crippen LogP contribution in [0.2, 0.25) is 0 Å². The van der Waals surface area contributed by atoms with Crippen LogP contribution in [0.4, 0.5) is 22.0 Å². The van der Waals surface area contributed by atoms with Crippen molar-refractivity contribution < 1.29 is 4.39 Å². The predicted molar refractivity (Wildman–Crippen MR) is 109 cm³/mol. The molecule has 1 unspecified atom stereocenters. The van der Waals surface area contributed by atoms with E-state index >= 15 is 0 Å². The standard InChI is InChI=1S/C21H18FN7/c1-14(15-2-4-17(22)5-3-15)26-21-27-18(16-6-8-23-9-7-16)12-19(29-21)28-20-13-24-10-11-25-20/h2-14H,1H3,(H2,25,26,27,28,29). The van der Waals surface area contributed by atoms with Gasteiger partial charge in [-0.15, -0.1) is 0 Å². The van der Waals surface area contributed by atoms with Crippen LogP contribution in [0.25, 0.3) is 11.3 Å². The van der Waals surface area contributed by atoms with E-state index in [0.717, 1.165) is 16.8 Å². The van der Waals surface area contributed by atoms with Crippen molar-refractivity contribution in [2.75, 3.05) is 10.6 Å². The zero-order valence-corrected chi connectivity index (χ0v) is 15.6. The largest absolute Gasteiger partial charge is 0.348 e. The molecule has 0 aliphatic carbocycles. The summed E-state index contributed by atoms with van der Waals surface area (Å²) in [5, 5.41) is 6.42. The molecule has 1 aromatic carbocycles. The fraction of sp³-hybridized carbons (Fsp3) is 0.0952. The highest BCUT2D eigenvalue weighted by atomic mass is 19.1. The molecule has 0 saturated heterocycles. The lowest BCUT2D eigenvalue weighted by Crippen LogP contribution is -2.11. The van der Waals surface area contributed by atoms with Gasteiger partial charge in [0.05, 0.1) is 17.9 Å². The van der Waals surface area contributed by atoms with E-state index in [1.165, 1.54) is 12.1 Å². The van der Waals surface area contributed by atoms with E-state index in [9.17, 15) is 4.39 Å². The van der Waals surface area contributed by atoms with Crippen molar-refractivity contribution >= 4 is 17.6 Å². The summed E-state index contributed by atoms with van der Waals surface area (Å²) in [6.07, 6.45) is 8.24. The lowest BCUT2D eigenvalue weighted by molar-refractivity contribution is 0.626. The Kier molecular flexibility index (Phi) is 5.33. The number of benzene rings is 1. The van der Waals surface area contributed by atoms with E-state index in [4.69, 9.17) is 0 Å². The van der Waals surface area contributed by atoms with Gasteiger partial charge in [0.25, 0.3) is 0 Å². The third kappa shape index (κ3) is 4.67. The number of nitrogens with one attached hydrogen (secondary N) is 2. The number of anilines is 3. The molecular weight excluding hydrogens is 369 g/mol. The Balaban J connectivity index is 1.66. The van der Waals surface area contributed by atoms with E-state index in [1.807, 2.05) is 25.1 Å². The van der Waals surface area contributed by atoms with Crippen molar-refractivity contribution in [2.45, 2.75) is 13.0 Å². The lowest BCUT2D eigenvalue weighted by atomic mass is 10.1. The Hall–Kier alpha value is -3.94. The zero-order chi connectivity index (χ0) is 20.1. The van der Waals surface area contributed by atoms with Gasteiger partial charge in [-0.1, -0.05) is 12.1 Å². The van der Waals surface area contributed by atoms with E-state index in [1.54, 1.807) is 43.1 Å². The third-order valence-electron chi connectivity index (χ3n) is 4.24. The maximum Gasteiger partial charge on any atom is 0.225 e. The number of aromatic nitrogens is 5. The minimum absolute atomic E-state index is 0.118. The van der Waals surface area contributed by atoms with Gasteiger partial charge in [-0.05, 0) is 36.8 Å². The van der Waals surface area contributed by atoms with Crippen LogP contribution in [0, 0.1) is 5.82 Å². The highest BCUT2D eigenvalue weighted by molar-refractivity contribution is 5.66. The molecule has 0 fully saturated rings. The first-order valence-electron chi connectivity index (χ1n) is 9.02. The van der Waals surface area contributed by atoms with Crippen LogP contribution in [0.15, 0.2) is 73.4 Å². The molecule has 0 aliphatic heterocycles. The molecule has 0 spiro atoms. The van der Waals surface area contributed by atoms with Gasteiger partial charge in [0.1, 0.15) is 17.5 Å². The molecule has 7 nitrogen and oxygen atoms in total. The second kappa shape index (κ2) is 8.39. The minimum Gasteiger partial charge on any atom is -0.348 e. The van der Waals surface area contributed by atoms with E-state index in [0.29, 0.717) is 17.6 Å². The quantitative estimate of drug-likeness (QED) is 0.507. The summed E-state index contributed by atoms with van der Waals surface area (Å²) < 4.78 is 13.2. The molecule has 0 bridgehead atoms. The van der Waals surface area contributed by atoms with Crippen LogP contribution in [-0.2, 0) is 0 Å². The Morgan fingerprint density at radius 1 is 0.862 bits per heavy atom. The van der Waals surface area contributed by atoms with Gasteiger partial charge in [0.2, 0.25) is 5.95 Å². The summed E-state index contributed by atoms with van der Waals surface area (Å²) in [6.45, 7) is 1.96. The first-order valence-corrected chi connectivity index (χ1v) is 9.02. The summed E-state index contributed by atoms with van der Waals surface area (Å²) in [4.78, 5) is 21.5. The van der Waals surface area contributed by atoms with Crippen LogP contribution >= 0.6 is 0 Å². The number of hydrogen-bond donors (Lipinski definition) is 2. The highest BCUT2D eigenvalue weighted by Crippen LogP contribution is 2.24. The Bertz CT molecular complexity index is 1070. The molecule has 0 amide bonds. The summed E-state index contributed by atoms with van der Waals surface area (Å²) in [6, 6.07) is 11.8. The molecule has 0 aliphatic rings. The molecule has 4 rings (SSSR count). The number of rotatable bonds is 6. The van der Waals surface area contributed by atoms with Gasteiger partial charge in [-0.3, -0.25) is 9.97 Å². The van der Waals surface area contributed by atoms with E-state index < -0.39 is 0 Å². The van der Waals surface area contributed by atoms with E-state index in [2.05, 4.69) is 35.6 Å². The summed E-state index contributed by atoms with van der Waals surface area (Å²) >= 11 is 0. The molecule has 2 N–H and O–H groups in total. The first kappa shape index (κ1) is 18.4. The van der Waals surface area contributed by atoms with Crippen LogP contribution in [-0.4, -0.2) is 24.9 Å². The molecule has 144 valence electrons. The SMILES string of the molecule is CC(Nc1nc(Nc2cnccn2)cc(-c2ccncc2)n1)c1ccc(F)cc1. The molecule has 3 aromatic heterocycles. The number of nitrogens with zero attached hydrogens (tertiary/aromatic N) is 5. The molecule has 4 aromatic rings. The Morgan fingerprint density at radius 3 is 2.38 bits per heavy atom. The second-order valence-electron chi connectivity index (χ2n) is 6.33. The molecule has 8 heteroatoms. The van der Waals surface area contributed by atoms with Gasteiger partial charge in [-0.2, -0.15) is 4.98 Å². The Labute approximate surface area is 167 Å². The number of hydrogen-bond acceptors (Lipinski definition) is 7. The molecule has 1 atom stereocenters. The molecule has 0 saturated carbocycles. The van der Waals surface area contributed by atoms with Crippen molar-refractivity contribution in [3.8, 4) is 11.3 Å². The Morgan fingerprint density at radius 2 is 1.66 bits per heavy atom. The number of halogens is 1. The smallest absolute Gasteiger partial charge is 0.225 e. The number of pyridine rings is 1. The van der Waals surface area contributed by atoms with Gasteiger partial charge in [0, 0.05) is 36.4 Å². The van der Waals surface area contributed by atoms with Gasteiger partial charge >= 0.3 is 0 Å². The van der Waals surface area contributed by atoms with Crippen LogP contribution in [0.1, 0.15) is 18.5 Å². The van der Waals surface area contributed by atoms with Crippen LogP contribution in [0.3, 0.4) is 0 Å². The van der Waals surface area contributed by atoms with Crippen molar-refractivity contribution in [3.63, 3.8) is 0 Å². The summed E-state index contributed by atoms with van der Waals surface area (Å²) in [5.41, 5.74) is 2.55.